The highest BCUT2D eigenvalue weighted by Gasteiger charge is 2.32. The Morgan fingerprint density at radius 2 is 2.11 bits per heavy atom. The molecule has 1 saturated heterocycles. The van der Waals surface area contributed by atoms with E-state index in [-0.39, 0.29) is 0 Å². The molecule has 2 fully saturated rings. The van der Waals surface area contributed by atoms with Crippen molar-refractivity contribution in [1.29, 1.82) is 0 Å². The van der Waals surface area contributed by atoms with E-state index in [0.717, 1.165) is 19.6 Å². The van der Waals surface area contributed by atoms with Crippen LogP contribution in [0.15, 0.2) is 0 Å². The van der Waals surface area contributed by atoms with Crippen LogP contribution in [0.3, 0.4) is 0 Å². The van der Waals surface area contributed by atoms with Crippen molar-refractivity contribution in [2.75, 3.05) is 33.2 Å². The van der Waals surface area contributed by atoms with Gasteiger partial charge in [0.2, 0.25) is 5.91 Å². The molecule has 1 amide bonds. The first-order valence-corrected chi connectivity index (χ1v) is 7.83. The molecule has 0 radical (unpaired) electrons. The molecule has 0 aromatic carbocycles. The summed E-state index contributed by atoms with van der Waals surface area (Å²) in [5.74, 6) is 0.939. The van der Waals surface area contributed by atoms with Gasteiger partial charge >= 0.3 is 0 Å². The highest BCUT2D eigenvalue weighted by molar-refractivity contribution is 5.78. The standard InChI is InChI=1S/C15H29N3O/c1-4-8-16-14-7-9-18(10-12(14)2)11-15(19)17(3)13-5-6-13/h12-14,16H,4-11H2,1-3H3. The third kappa shape index (κ3) is 4.18. The van der Waals surface area contributed by atoms with Crippen molar-refractivity contribution < 1.29 is 4.79 Å². The average Bonchev–Trinajstić information content (AvgIpc) is 3.21. The van der Waals surface area contributed by atoms with E-state index >= 15 is 0 Å². The zero-order valence-corrected chi connectivity index (χ0v) is 12.7. The number of carbonyl (C=O) groups excluding carboxylic acids is 1. The Morgan fingerprint density at radius 1 is 1.37 bits per heavy atom. The fourth-order valence-corrected chi connectivity index (χ4v) is 2.98. The minimum Gasteiger partial charge on any atom is -0.342 e. The molecular formula is C15H29N3O. The topological polar surface area (TPSA) is 35.6 Å². The van der Waals surface area contributed by atoms with E-state index in [1.807, 2.05) is 11.9 Å². The van der Waals surface area contributed by atoms with Crippen molar-refractivity contribution >= 4 is 5.91 Å². The van der Waals surface area contributed by atoms with Crippen molar-refractivity contribution in [3.63, 3.8) is 0 Å². The summed E-state index contributed by atoms with van der Waals surface area (Å²) in [5, 5.41) is 3.62. The molecule has 0 bridgehead atoms. The molecule has 1 N–H and O–H groups in total. The van der Waals surface area contributed by atoms with Gasteiger partial charge in [-0.1, -0.05) is 13.8 Å². The molecule has 1 aliphatic carbocycles. The van der Waals surface area contributed by atoms with Crippen LogP contribution in [0, 0.1) is 5.92 Å². The van der Waals surface area contributed by atoms with Gasteiger partial charge in [0.1, 0.15) is 0 Å². The van der Waals surface area contributed by atoms with Gasteiger partial charge in [-0.2, -0.15) is 0 Å². The van der Waals surface area contributed by atoms with Gasteiger partial charge < -0.3 is 10.2 Å². The van der Waals surface area contributed by atoms with Gasteiger partial charge in [0.25, 0.3) is 0 Å². The van der Waals surface area contributed by atoms with E-state index in [1.54, 1.807) is 0 Å². The maximum absolute atomic E-state index is 12.1. The van der Waals surface area contributed by atoms with Crippen molar-refractivity contribution in [3.05, 3.63) is 0 Å². The molecule has 110 valence electrons. The monoisotopic (exact) mass is 267 g/mol. The number of rotatable bonds is 6. The highest BCUT2D eigenvalue weighted by atomic mass is 16.2. The van der Waals surface area contributed by atoms with E-state index in [4.69, 9.17) is 0 Å². The fraction of sp³-hybridized carbons (Fsp3) is 0.933. The lowest BCUT2D eigenvalue weighted by Crippen LogP contribution is -2.51. The van der Waals surface area contributed by atoms with Crippen LogP contribution in [0.4, 0.5) is 0 Å². The maximum Gasteiger partial charge on any atom is 0.236 e. The first kappa shape index (κ1) is 14.8. The molecule has 19 heavy (non-hydrogen) atoms. The van der Waals surface area contributed by atoms with Gasteiger partial charge in [-0.05, 0) is 38.1 Å². The molecule has 2 aliphatic rings. The number of nitrogens with zero attached hydrogens (tertiary/aromatic N) is 2. The molecular weight excluding hydrogens is 238 g/mol. The van der Waals surface area contributed by atoms with Crippen LogP contribution in [-0.4, -0.2) is 61.0 Å². The smallest absolute Gasteiger partial charge is 0.236 e. The number of likely N-dealkylation sites (tertiary alicyclic amines) is 1. The van der Waals surface area contributed by atoms with Crippen LogP contribution in [0.5, 0.6) is 0 Å². The Kier molecular flexibility index (Phi) is 5.22. The van der Waals surface area contributed by atoms with E-state index in [0.29, 0.717) is 30.5 Å². The Morgan fingerprint density at radius 3 is 2.68 bits per heavy atom. The Hall–Kier alpha value is -0.610. The molecule has 0 aromatic rings. The van der Waals surface area contributed by atoms with Crippen LogP contribution in [0.1, 0.15) is 39.5 Å². The number of hydrogen-bond acceptors (Lipinski definition) is 3. The Balaban J connectivity index is 1.73. The number of nitrogens with one attached hydrogen (secondary N) is 1. The zero-order valence-electron chi connectivity index (χ0n) is 12.7. The van der Waals surface area contributed by atoms with Gasteiger partial charge in [0.05, 0.1) is 6.54 Å². The average molecular weight is 267 g/mol. The highest BCUT2D eigenvalue weighted by Crippen LogP contribution is 2.25. The maximum atomic E-state index is 12.1. The zero-order chi connectivity index (χ0) is 13.8. The third-order valence-electron chi connectivity index (χ3n) is 4.49. The van der Waals surface area contributed by atoms with Gasteiger partial charge in [-0.3, -0.25) is 9.69 Å². The Labute approximate surface area is 117 Å². The van der Waals surface area contributed by atoms with Crippen molar-refractivity contribution in [3.8, 4) is 0 Å². The number of likely N-dealkylation sites (N-methyl/N-ethyl adjacent to an activating group) is 1. The molecule has 1 aliphatic heterocycles. The molecule has 2 rings (SSSR count). The number of amides is 1. The summed E-state index contributed by atoms with van der Waals surface area (Å²) in [7, 11) is 1.96. The second-order valence-corrected chi connectivity index (χ2v) is 6.30. The normalized spacial score (nSPS) is 28.4. The second-order valence-electron chi connectivity index (χ2n) is 6.30. The van der Waals surface area contributed by atoms with Crippen LogP contribution in [0.25, 0.3) is 0 Å². The summed E-state index contributed by atoms with van der Waals surface area (Å²) in [5.41, 5.74) is 0. The van der Waals surface area contributed by atoms with Gasteiger partial charge in [0, 0.05) is 32.2 Å². The fourth-order valence-electron chi connectivity index (χ4n) is 2.98. The van der Waals surface area contributed by atoms with Crippen LogP contribution < -0.4 is 5.32 Å². The SMILES string of the molecule is CCCNC1CCN(CC(=O)N(C)C2CC2)CC1C. The summed E-state index contributed by atoms with van der Waals surface area (Å²) in [4.78, 5) is 16.4. The molecule has 1 heterocycles. The number of piperidine rings is 1. The van der Waals surface area contributed by atoms with Gasteiger partial charge in [-0.25, -0.2) is 0 Å². The number of carbonyl (C=O) groups is 1. The summed E-state index contributed by atoms with van der Waals surface area (Å²) >= 11 is 0. The van der Waals surface area contributed by atoms with Crippen molar-refractivity contribution in [2.24, 2.45) is 5.92 Å². The lowest BCUT2D eigenvalue weighted by atomic mass is 9.93. The Bertz CT molecular complexity index is 304. The summed E-state index contributed by atoms with van der Waals surface area (Å²) < 4.78 is 0. The summed E-state index contributed by atoms with van der Waals surface area (Å²) in [6, 6.07) is 1.17. The predicted octanol–water partition coefficient (Wildman–Crippen LogP) is 1.32. The van der Waals surface area contributed by atoms with Crippen molar-refractivity contribution in [1.82, 2.24) is 15.1 Å². The molecule has 2 unspecified atom stereocenters. The van der Waals surface area contributed by atoms with E-state index in [9.17, 15) is 4.79 Å². The third-order valence-corrected chi connectivity index (χ3v) is 4.49. The minimum atomic E-state index is 0.301. The lowest BCUT2D eigenvalue weighted by Gasteiger charge is -2.37. The lowest BCUT2D eigenvalue weighted by molar-refractivity contribution is -0.132. The second kappa shape index (κ2) is 6.71. The molecule has 1 saturated carbocycles. The van der Waals surface area contributed by atoms with Gasteiger partial charge in [-0.15, -0.1) is 0 Å². The molecule has 0 aromatic heterocycles. The summed E-state index contributed by atoms with van der Waals surface area (Å²) in [6.45, 7) is 8.32. The van der Waals surface area contributed by atoms with E-state index < -0.39 is 0 Å². The first-order valence-electron chi connectivity index (χ1n) is 7.83. The van der Waals surface area contributed by atoms with Crippen LogP contribution in [0.2, 0.25) is 0 Å². The minimum absolute atomic E-state index is 0.301. The van der Waals surface area contributed by atoms with Crippen LogP contribution in [-0.2, 0) is 4.79 Å². The summed E-state index contributed by atoms with van der Waals surface area (Å²) in [6.07, 6.45) is 4.75. The molecule has 2 atom stereocenters. The molecule has 4 nitrogen and oxygen atoms in total. The van der Waals surface area contributed by atoms with Gasteiger partial charge in [0.15, 0.2) is 0 Å². The largest absolute Gasteiger partial charge is 0.342 e. The first-order chi connectivity index (χ1) is 9.11. The van der Waals surface area contributed by atoms with E-state index in [2.05, 4.69) is 24.1 Å². The van der Waals surface area contributed by atoms with Crippen LogP contribution >= 0.6 is 0 Å². The molecule has 4 heteroatoms. The van der Waals surface area contributed by atoms with Crippen molar-refractivity contribution in [2.45, 2.75) is 51.6 Å². The quantitative estimate of drug-likeness (QED) is 0.788. The predicted molar refractivity (Wildman–Crippen MR) is 78.1 cm³/mol. The molecule has 0 spiro atoms. The van der Waals surface area contributed by atoms with E-state index in [1.165, 1.54) is 25.7 Å². The number of hydrogen-bond donors (Lipinski definition) is 1.